The first-order valence-corrected chi connectivity index (χ1v) is 3.42. The highest BCUT2D eigenvalue weighted by atomic mass is 79.9. The van der Waals surface area contributed by atoms with E-state index in [2.05, 4.69) is 26.7 Å². The first-order chi connectivity index (χ1) is 4.29. The van der Waals surface area contributed by atoms with Crippen LogP contribution in [0.3, 0.4) is 0 Å². The van der Waals surface area contributed by atoms with Crippen molar-refractivity contribution in [3.05, 3.63) is 29.7 Å². The number of allylic oxidation sites excluding steroid dienone is 3. The molecule has 1 rings (SSSR count). The summed E-state index contributed by atoms with van der Waals surface area (Å²) in [5, 5.41) is 0. The molecule has 0 aromatic rings. The van der Waals surface area contributed by atoms with Crippen molar-refractivity contribution in [3.8, 4) is 0 Å². The maximum Gasteiger partial charge on any atom is 0.107 e. The minimum Gasteiger partial charge on any atom is -0.238 e. The summed E-state index contributed by atoms with van der Waals surface area (Å²) in [6.07, 6.45) is 5.61. The average Bonchev–Trinajstić information content (AvgIpc) is 1.93. The number of rotatable bonds is 0. The fraction of sp³-hybridized carbons (Fsp3) is 0.143. The lowest BCUT2D eigenvalue weighted by molar-refractivity contribution is 1.33. The minimum absolute atomic E-state index is 0.848. The normalized spacial score (nSPS) is 16.7. The Morgan fingerprint density at radius 3 is 3.22 bits per heavy atom. The summed E-state index contributed by atoms with van der Waals surface area (Å²) < 4.78 is 0.848. The molecule has 0 saturated heterocycles. The molecule has 1 nitrogen and oxygen atoms in total. The second-order valence-electron chi connectivity index (χ2n) is 1.69. The molecular weight excluding hydrogens is 178 g/mol. The summed E-state index contributed by atoms with van der Waals surface area (Å²) in [7, 11) is 0. The molecule has 1 aliphatic rings. The van der Waals surface area contributed by atoms with Crippen LogP contribution < -0.4 is 0 Å². The molecule has 0 aromatic heterocycles. The van der Waals surface area contributed by atoms with Gasteiger partial charge in [0.05, 0.1) is 5.70 Å². The molecule has 0 amide bonds. The third kappa shape index (κ3) is 2.00. The van der Waals surface area contributed by atoms with E-state index >= 15 is 0 Å². The van der Waals surface area contributed by atoms with Crippen LogP contribution in [0.2, 0.25) is 0 Å². The molecular formula is C7H6BrN. The van der Waals surface area contributed by atoms with Crippen LogP contribution in [-0.4, -0.2) is 4.62 Å². The Bertz CT molecular complexity index is 229. The van der Waals surface area contributed by atoms with E-state index in [1.54, 1.807) is 0 Å². The molecule has 0 atom stereocenters. The lowest BCUT2D eigenvalue weighted by atomic mass is 10.5. The van der Waals surface area contributed by atoms with Gasteiger partial charge < -0.3 is 0 Å². The van der Waals surface area contributed by atoms with Crippen molar-refractivity contribution < 1.29 is 0 Å². The van der Waals surface area contributed by atoms with E-state index in [0.29, 0.717) is 0 Å². The van der Waals surface area contributed by atoms with Gasteiger partial charge in [0.1, 0.15) is 4.62 Å². The maximum absolute atomic E-state index is 4.10. The molecule has 1 aliphatic heterocycles. The van der Waals surface area contributed by atoms with Crippen molar-refractivity contribution in [1.82, 2.24) is 0 Å². The zero-order valence-corrected chi connectivity index (χ0v) is 6.64. The molecule has 0 aromatic carbocycles. The Balaban J connectivity index is 3.01. The van der Waals surface area contributed by atoms with Crippen LogP contribution in [0, 0.1) is 0 Å². The number of aliphatic imine (C=N–C) groups is 1. The van der Waals surface area contributed by atoms with E-state index in [0.717, 1.165) is 10.3 Å². The average molecular weight is 184 g/mol. The molecule has 0 saturated carbocycles. The van der Waals surface area contributed by atoms with Gasteiger partial charge in [0.15, 0.2) is 0 Å². The Kier molecular flexibility index (Phi) is 2.04. The molecule has 0 unspecified atom stereocenters. The lowest BCUT2D eigenvalue weighted by Crippen LogP contribution is -1.75. The zero-order valence-electron chi connectivity index (χ0n) is 5.06. The zero-order chi connectivity index (χ0) is 6.69. The van der Waals surface area contributed by atoms with E-state index in [9.17, 15) is 0 Å². The summed E-state index contributed by atoms with van der Waals surface area (Å²) in [5.74, 6) is 0. The smallest absolute Gasteiger partial charge is 0.107 e. The predicted molar refractivity (Wildman–Crippen MR) is 42.8 cm³/mol. The Labute approximate surface area is 62.6 Å². The second-order valence-corrected chi connectivity index (χ2v) is 2.50. The molecule has 46 valence electrons. The van der Waals surface area contributed by atoms with Crippen LogP contribution in [0.5, 0.6) is 0 Å². The Morgan fingerprint density at radius 1 is 1.67 bits per heavy atom. The molecule has 0 radical (unpaired) electrons. The highest BCUT2D eigenvalue weighted by Crippen LogP contribution is 2.02. The molecule has 0 N–H and O–H groups in total. The molecule has 0 bridgehead atoms. The SMILES string of the molecule is CC1=C=CC=CC(Br)=N1. The number of hydrogen-bond donors (Lipinski definition) is 0. The summed E-state index contributed by atoms with van der Waals surface area (Å²) in [6.45, 7) is 1.91. The van der Waals surface area contributed by atoms with Gasteiger partial charge in [-0.25, -0.2) is 4.99 Å². The summed E-state index contributed by atoms with van der Waals surface area (Å²) in [4.78, 5) is 4.10. The fourth-order valence-corrected chi connectivity index (χ4v) is 0.945. The van der Waals surface area contributed by atoms with Gasteiger partial charge >= 0.3 is 0 Å². The van der Waals surface area contributed by atoms with Crippen LogP contribution in [-0.2, 0) is 0 Å². The van der Waals surface area contributed by atoms with E-state index in [4.69, 9.17) is 0 Å². The van der Waals surface area contributed by atoms with Crippen molar-refractivity contribution >= 4 is 20.6 Å². The highest BCUT2D eigenvalue weighted by Gasteiger charge is 1.87. The Hall–Kier alpha value is -0.590. The topological polar surface area (TPSA) is 12.4 Å². The molecule has 0 aliphatic carbocycles. The third-order valence-electron chi connectivity index (χ3n) is 0.897. The predicted octanol–water partition coefficient (Wildman–Crippen LogP) is 2.41. The monoisotopic (exact) mass is 183 g/mol. The molecule has 1 heterocycles. The molecule has 9 heavy (non-hydrogen) atoms. The van der Waals surface area contributed by atoms with E-state index in [-0.39, 0.29) is 0 Å². The van der Waals surface area contributed by atoms with Crippen molar-refractivity contribution in [2.75, 3.05) is 0 Å². The lowest BCUT2D eigenvalue weighted by Gasteiger charge is -1.84. The van der Waals surface area contributed by atoms with Gasteiger partial charge in [0.25, 0.3) is 0 Å². The van der Waals surface area contributed by atoms with Gasteiger partial charge in [-0.3, -0.25) is 0 Å². The first-order valence-electron chi connectivity index (χ1n) is 2.63. The standard InChI is InChI=1S/C7H6BrN/c1-6-4-2-3-5-7(8)9-6/h2-3,5H,1H3. The van der Waals surface area contributed by atoms with Crippen molar-refractivity contribution in [2.24, 2.45) is 4.99 Å². The van der Waals surface area contributed by atoms with Crippen LogP contribution in [0.25, 0.3) is 0 Å². The summed E-state index contributed by atoms with van der Waals surface area (Å²) in [5.41, 5.74) is 3.86. The fourth-order valence-electron chi connectivity index (χ4n) is 0.526. The number of nitrogens with zero attached hydrogens (tertiary/aromatic N) is 1. The van der Waals surface area contributed by atoms with Gasteiger partial charge in [0.2, 0.25) is 0 Å². The van der Waals surface area contributed by atoms with E-state index < -0.39 is 0 Å². The largest absolute Gasteiger partial charge is 0.238 e. The Morgan fingerprint density at radius 2 is 2.44 bits per heavy atom. The molecule has 0 spiro atoms. The second kappa shape index (κ2) is 2.81. The van der Waals surface area contributed by atoms with E-state index in [1.807, 2.05) is 25.2 Å². The van der Waals surface area contributed by atoms with Crippen LogP contribution in [0.15, 0.2) is 34.6 Å². The summed E-state index contributed by atoms with van der Waals surface area (Å²) >= 11 is 3.26. The van der Waals surface area contributed by atoms with Gasteiger partial charge in [-0.1, -0.05) is 11.8 Å². The number of hydrogen-bond acceptors (Lipinski definition) is 1. The van der Waals surface area contributed by atoms with Crippen molar-refractivity contribution in [1.29, 1.82) is 0 Å². The first kappa shape index (κ1) is 6.53. The molecule has 2 heteroatoms. The minimum atomic E-state index is 0.848. The quantitative estimate of drug-likeness (QED) is 0.512. The van der Waals surface area contributed by atoms with Gasteiger partial charge in [-0.05, 0) is 35.0 Å². The third-order valence-corrected chi connectivity index (χ3v) is 1.34. The van der Waals surface area contributed by atoms with Crippen molar-refractivity contribution in [3.63, 3.8) is 0 Å². The van der Waals surface area contributed by atoms with Gasteiger partial charge in [-0.2, -0.15) is 0 Å². The van der Waals surface area contributed by atoms with Crippen LogP contribution in [0.4, 0.5) is 0 Å². The van der Waals surface area contributed by atoms with Crippen LogP contribution in [0.1, 0.15) is 6.92 Å². The highest BCUT2D eigenvalue weighted by molar-refractivity contribution is 9.18. The summed E-state index contributed by atoms with van der Waals surface area (Å²) in [6, 6.07) is 0. The van der Waals surface area contributed by atoms with Crippen LogP contribution >= 0.6 is 15.9 Å². The van der Waals surface area contributed by atoms with E-state index in [1.165, 1.54) is 0 Å². The molecule has 0 fully saturated rings. The van der Waals surface area contributed by atoms with Crippen molar-refractivity contribution in [2.45, 2.75) is 6.92 Å². The van der Waals surface area contributed by atoms with Gasteiger partial charge in [-0.15, -0.1) is 0 Å². The number of halogens is 1. The maximum atomic E-state index is 4.10. The van der Waals surface area contributed by atoms with Gasteiger partial charge in [0, 0.05) is 0 Å².